The summed E-state index contributed by atoms with van der Waals surface area (Å²) in [5.41, 5.74) is 1.61. The molecule has 106 valence electrons. The Hall–Kier alpha value is -2.80. The summed E-state index contributed by atoms with van der Waals surface area (Å²) in [5.74, 6) is 0.0952. The SMILES string of the molecule is O=C(Nc1ncnc2c1ncn2CCO)c1ccccc1. The van der Waals surface area contributed by atoms with E-state index in [0.717, 1.165) is 0 Å². The van der Waals surface area contributed by atoms with Crippen LogP contribution in [-0.4, -0.2) is 37.1 Å². The van der Waals surface area contributed by atoms with Gasteiger partial charge in [0, 0.05) is 12.1 Å². The minimum Gasteiger partial charge on any atom is -0.395 e. The highest BCUT2D eigenvalue weighted by molar-refractivity contribution is 6.06. The van der Waals surface area contributed by atoms with Crippen molar-refractivity contribution in [1.82, 2.24) is 19.5 Å². The second-order valence-corrected chi connectivity index (χ2v) is 4.38. The lowest BCUT2D eigenvalue weighted by Crippen LogP contribution is -2.13. The quantitative estimate of drug-likeness (QED) is 0.747. The molecule has 1 aromatic carbocycles. The van der Waals surface area contributed by atoms with Crippen molar-refractivity contribution < 1.29 is 9.90 Å². The number of fused-ring (bicyclic) bond motifs is 1. The second-order valence-electron chi connectivity index (χ2n) is 4.38. The van der Waals surface area contributed by atoms with Crippen LogP contribution in [0.15, 0.2) is 43.0 Å². The summed E-state index contributed by atoms with van der Waals surface area (Å²) in [5, 5.41) is 11.7. The lowest BCUT2D eigenvalue weighted by atomic mass is 10.2. The Morgan fingerprint density at radius 2 is 2.00 bits per heavy atom. The monoisotopic (exact) mass is 283 g/mol. The van der Waals surface area contributed by atoms with Gasteiger partial charge in [0.15, 0.2) is 17.0 Å². The molecule has 0 atom stereocenters. The van der Waals surface area contributed by atoms with Crippen LogP contribution in [0.1, 0.15) is 10.4 Å². The molecule has 1 amide bonds. The highest BCUT2D eigenvalue weighted by atomic mass is 16.3. The summed E-state index contributed by atoms with van der Waals surface area (Å²) in [4.78, 5) is 24.5. The average Bonchev–Trinajstić information content (AvgIpc) is 2.93. The van der Waals surface area contributed by atoms with Crippen molar-refractivity contribution in [2.24, 2.45) is 0 Å². The number of aliphatic hydroxyl groups excluding tert-OH is 1. The van der Waals surface area contributed by atoms with Gasteiger partial charge in [-0.1, -0.05) is 18.2 Å². The molecule has 0 saturated carbocycles. The number of amides is 1. The molecule has 0 fully saturated rings. The number of aromatic nitrogens is 4. The number of anilines is 1. The molecule has 3 aromatic rings. The third kappa shape index (κ3) is 2.59. The Labute approximate surface area is 120 Å². The molecular formula is C14H13N5O2. The van der Waals surface area contributed by atoms with Crippen LogP contribution in [0, 0.1) is 0 Å². The minimum atomic E-state index is -0.257. The molecule has 0 unspecified atom stereocenters. The summed E-state index contributed by atoms with van der Waals surface area (Å²) in [6.07, 6.45) is 2.92. The molecule has 0 radical (unpaired) electrons. The molecule has 2 N–H and O–H groups in total. The van der Waals surface area contributed by atoms with Crippen LogP contribution in [0.4, 0.5) is 5.82 Å². The van der Waals surface area contributed by atoms with E-state index in [2.05, 4.69) is 20.3 Å². The van der Waals surface area contributed by atoms with E-state index in [4.69, 9.17) is 5.11 Å². The first-order chi connectivity index (χ1) is 10.3. The van der Waals surface area contributed by atoms with Crippen LogP contribution in [0.5, 0.6) is 0 Å². The standard InChI is InChI=1S/C14H13N5O2/c20-7-6-19-9-17-11-12(15-8-16-13(11)19)18-14(21)10-4-2-1-3-5-10/h1-5,8-9,20H,6-7H2,(H,15,16,18,21). The Morgan fingerprint density at radius 1 is 1.19 bits per heavy atom. The van der Waals surface area contributed by atoms with Crippen LogP contribution < -0.4 is 5.32 Å². The number of imidazole rings is 1. The van der Waals surface area contributed by atoms with Gasteiger partial charge in [0.05, 0.1) is 12.9 Å². The van der Waals surface area contributed by atoms with Crippen molar-refractivity contribution in [2.75, 3.05) is 11.9 Å². The molecule has 2 heterocycles. The van der Waals surface area contributed by atoms with Crippen molar-refractivity contribution in [1.29, 1.82) is 0 Å². The normalized spacial score (nSPS) is 10.7. The predicted octanol–water partition coefficient (Wildman–Crippen LogP) is 1.07. The number of carbonyl (C=O) groups excluding carboxylic acids is 1. The number of benzene rings is 1. The van der Waals surface area contributed by atoms with Gasteiger partial charge in [-0.15, -0.1) is 0 Å². The smallest absolute Gasteiger partial charge is 0.256 e. The van der Waals surface area contributed by atoms with Crippen molar-refractivity contribution in [2.45, 2.75) is 6.54 Å². The largest absolute Gasteiger partial charge is 0.395 e. The molecule has 0 aliphatic heterocycles. The fourth-order valence-corrected chi connectivity index (χ4v) is 2.01. The van der Waals surface area contributed by atoms with E-state index in [9.17, 15) is 4.79 Å². The van der Waals surface area contributed by atoms with Gasteiger partial charge in [-0.3, -0.25) is 4.79 Å². The lowest BCUT2D eigenvalue weighted by molar-refractivity contribution is 0.102. The zero-order valence-electron chi connectivity index (χ0n) is 11.1. The highest BCUT2D eigenvalue weighted by Gasteiger charge is 2.13. The number of hydrogen-bond acceptors (Lipinski definition) is 5. The Balaban J connectivity index is 1.92. The van der Waals surface area contributed by atoms with Crippen LogP contribution in [0.3, 0.4) is 0 Å². The fourth-order valence-electron chi connectivity index (χ4n) is 2.01. The third-order valence-corrected chi connectivity index (χ3v) is 3.01. The summed E-state index contributed by atoms with van der Waals surface area (Å²) in [6.45, 7) is 0.376. The Bertz CT molecular complexity index is 769. The van der Waals surface area contributed by atoms with Crippen LogP contribution in [0.25, 0.3) is 11.2 Å². The zero-order chi connectivity index (χ0) is 14.7. The van der Waals surface area contributed by atoms with E-state index in [0.29, 0.717) is 29.1 Å². The van der Waals surface area contributed by atoms with E-state index in [-0.39, 0.29) is 12.5 Å². The molecule has 0 aliphatic rings. The summed E-state index contributed by atoms with van der Waals surface area (Å²) in [7, 11) is 0. The second kappa shape index (κ2) is 5.68. The molecule has 3 rings (SSSR count). The van der Waals surface area contributed by atoms with Crippen LogP contribution in [-0.2, 0) is 6.54 Å². The van der Waals surface area contributed by atoms with Crippen molar-refractivity contribution in [3.63, 3.8) is 0 Å². The fraction of sp³-hybridized carbons (Fsp3) is 0.143. The molecular weight excluding hydrogens is 270 g/mol. The number of carbonyl (C=O) groups is 1. The maximum absolute atomic E-state index is 12.1. The summed E-state index contributed by atoms with van der Waals surface area (Å²) < 4.78 is 1.70. The topological polar surface area (TPSA) is 92.9 Å². The Morgan fingerprint density at radius 3 is 2.76 bits per heavy atom. The lowest BCUT2D eigenvalue weighted by Gasteiger charge is -2.05. The summed E-state index contributed by atoms with van der Waals surface area (Å²) >= 11 is 0. The molecule has 7 nitrogen and oxygen atoms in total. The van der Waals surface area contributed by atoms with Crippen LogP contribution >= 0.6 is 0 Å². The van der Waals surface area contributed by atoms with E-state index < -0.39 is 0 Å². The van der Waals surface area contributed by atoms with Gasteiger partial charge >= 0.3 is 0 Å². The van der Waals surface area contributed by atoms with Gasteiger partial charge in [-0.25, -0.2) is 15.0 Å². The number of nitrogens with zero attached hydrogens (tertiary/aromatic N) is 4. The maximum atomic E-state index is 12.1. The number of hydrogen-bond donors (Lipinski definition) is 2. The maximum Gasteiger partial charge on any atom is 0.256 e. The minimum absolute atomic E-state index is 0.0127. The van der Waals surface area contributed by atoms with Gasteiger partial charge in [0.2, 0.25) is 0 Å². The third-order valence-electron chi connectivity index (χ3n) is 3.01. The first kappa shape index (κ1) is 13.2. The molecule has 0 spiro atoms. The highest BCUT2D eigenvalue weighted by Crippen LogP contribution is 2.17. The average molecular weight is 283 g/mol. The molecule has 0 bridgehead atoms. The number of rotatable bonds is 4. The Kier molecular flexibility index (Phi) is 3.57. The predicted molar refractivity (Wildman–Crippen MR) is 76.8 cm³/mol. The van der Waals surface area contributed by atoms with Crippen molar-refractivity contribution in [3.05, 3.63) is 48.5 Å². The van der Waals surface area contributed by atoms with Crippen LogP contribution in [0.2, 0.25) is 0 Å². The number of nitrogens with one attached hydrogen (secondary N) is 1. The van der Waals surface area contributed by atoms with Gasteiger partial charge in [-0.2, -0.15) is 0 Å². The molecule has 0 saturated heterocycles. The molecule has 21 heavy (non-hydrogen) atoms. The van der Waals surface area contributed by atoms with E-state index >= 15 is 0 Å². The number of aliphatic hydroxyl groups is 1. The van der Waals surface area contributed by atoms with Gasteiger partial charge in [0.1, 0.15) is 6.33 Å². The van der Waals surface area contributed by atoms with E-state index in [1.165, 1.54) is 6.33 Å². The molecule has 2 aromatic heterocycles. The van der Waals surface area contributed by atoms with Gasteiger partial charge in [-0.05, 0) is 12.1 Å². The summed E-state index contributed by atoms with van der Waals surface area (Å²) in [6, 6.07) is 8.87. The first-order valence-corrected chi connectivity index (χ1v) is 6.42. The van der Waals surface area contributed by atoms with E-state index in [1.54, 1.807) is 35.2 Å². The molecule has 7 heteroatoms. The zero-order valence-corrected chi connectivity index (χ0v) is 11.1. The van der Waals surface area contributed by atoms with Gasteiger partial charge in [0.25, 0.3) is 5.91 Å². The van der Waals surface area contributed by atoms with E-state index in [1.807, 2.05) is 6.07 Å². The van der Waals surface area contributed by atoms with Gasteiger partial charge < -0.3 is 15.0 Å². The van der Waals surface area contributed by atoms with Crippen molar-refractivity contribution in [3.8, 4) is 0 Å². The van der Waals surface area contributed by atoms with Crippen molar-refractivity contribution >= 4 is 22.9 Å². The first-order valence-electron chi connectivity index (χ1n) is 6.42. The molecule has 0 aliphatic carbocycles.